The van der Waals surface area contributed by atoms with Crippen LogP contribution in [0.5, 0.6) is 0 Å². The first kappa shape index (κ1) is 18.7. The molecule has 2 aromatic heterocycles. The minimum Gasteiger partial charge on any atom is -0.458 e. The Morgan fingerprint density at radius 3 is 2.56 bits per heavy atom. The lowest BCUT2D eigenvalue weighted by Crippen LogP contribution is -2.48. The summed E-state index contributed by atoms with van der Waals surface area (Å²) in [6.45, 7) is 10.2. The van der Waals surface area contributed by atoms with Crippen molar-refractivity contribution >= 4 is 0 Å². The Kier molecular flexibility index (Phi) is 5.63. The van der Waals surface area contributed by atoms with Crippen LogP contribution in [-0.2, 0) is 11.3 Å². The minimum atomic E-state index is 0.244. The van der Waals surface area contributed by atoms with Crippen LogP contribution in [0.25, 0.3) is 11.5 Å². The van der Waals surface area contributed by atoms with E-state index in [1.54, 1.807) is 6.20 Å². The van der Waals surface area contributed by atoms with Gasteiger partial charge in [-0.05, 0) is 43.9 Å². The highest BCUT2D eigenvalue weighted by Crippen LogP contribution is 2.28. The van der Waals surface area contributed by atoms with Gasteiger partial charge in [-0.15, -0.1) is 0 Å². The molecule has 2 aliphatic heterocycles. The number of ether oxygens (including phenoxy) is 1. The molecule has 0 aliphatic carbocycles. The number of rotatable bonds is 6. The van der Waals surface area contributed by atoms with Gasteiger partial charge in [0.2, 0.25) is 0 Å². The predicted octanol–water partition coefficient (Wildman–Crippen LogP) is 1.82. The van der Waals surface area contributed by atoms with Gasteiger partial charge in [0, 0.05) is 45.5 Å². The number of nitrogens with zero attached hydrogens (tertiary/aromatic N) is 3. The number of aliphatic hydroxyl groups excluding tert-OH is 1. The standard InChI is InChI=1S/C20H30N4O3/c1-14-7-23(8-15(2)26-14)9-16-10-24(11-17(16)13-25)12-18-3-4-20(27-18)19-5-6-21-22-19/h3-6,14-17,25H,7-13H2,1-2H3,(H,21,22)/t14-,15+,16-,17-/m1/s1. The Balaban J connectivity index is 1.35. The number of aromatic amines is 1. The molecule has 27 heavy (non-hydrogen) atoms. The lowest BCUT2D eigenvalue weighted by molar-refractivity contribution is -0.0727. The van der Waals surface area contributed by atoms with Crippen LogP contribution in [0.4, 0.5) is 0 Å². The second kappa shape index (κ2) is 8.14. The summed E-state index contributed by atoms with van der Waals surface area (Å²) < 4.78 is 11.8. The minimum absolute atomic E-state index is 0.244. The average Bonchev–Trinajstić information content (AvgIpc) is 3.34. The Hall–Kier alpha value is -1.67. The van der Waals surface area contributed by atoms with Crippen molar-refractivity contribution < 1.29 is 14.3 Å². The molecule has 7 heteroatoms. The van der Waals surface area contributed by atoms with Crippen molar-refractivity contribution in [3.63, 3.8) is 0 Å². The topological polar surface area (TPSA) is 77.8 Å². The fourth-order valence-corrected chi connectivity index (χ4v) is 4.56. The highest BCUT2D eigenvalue weighted by atomic mass is 16.5. The molecule has 2 aromatic rings. The van der Waals surface area contributed by atoms with Gasteiger partial charge in [0.25, 0.3) is 0 Å². The molecule has 2 fully saturated rings. The SMILES string of the molecule is C[C@@H]1CN(C[C@@H]2CN(Cc3ccc(-c4ccn[nH]4)o3)C[C@@H]2CO)C[C@H](C)O1. The first-order valence-electron chi connectivity index (χ1n) is 9.90. The largest absolute Gasteiger partial charge is 0.458 e. The van der Waals surface area contributed by atoms with Crippen molar-refractivity contribution in [1.82, 2.24) is 20.0 Å². The highest BCUT2D eigenvalue weighted by Gasteiger charge is 2.35. The van der Waals surface area contributed by atoms with Crippen molar-refractivity contribution in [2.24, 2.45) is 11.8 Å². The second-order valence-electron chi connectivity index (χ2n) is 8.11. The molecule has 2 aliphatic rings. The van der Waals surface area contributed by atoms with E-state index in [2.05, 4.69) is 33.8 Å². The van der Waals surface area contributed by atoms with Gasteiger partial charge >= 0.3 is 0 Å². The van der Waals surface area contributed by atoms with Gasteiger partial charge in [0.05, 0.1) is 18.8 Å². The third kappa shape index (κ3) is 4.43. The van der Waals surface area contributed by atoms with E-state index in [0.29, 0.717) is 11.8 Å². The molecule has 2 saturated heterocycles. The summed E-state index contributed by atoms with van der Waals surface area (Å²) in [7, 11) is 0. The molecule has 0 aromatic carbocycles. The fraction of sp³-hybridized carbons (Fsp3) is 0.650. The molecule has 7 nitrogen and oxygen atoms in total. The molecule has 0 saturated carbocycles. The quantitative estimate of drug-likeness (QED) is 0.803. The first-order valence-corrected chi connectivity index (χ1v) is 9.90. The Bertz CT molecular complexity index is 707. The maximum Gasteiger partial charge on any atom is 0.152 e. The van der Waals surface area contributed by atoms with E-state index in [1.165, 1.54) is 0 Å². The second-order valence-corrected chi connectivity index (χ2v) is 8.11. The van der Waals surface area contributed by atoms with Gasteiger partial charge in [-0.3, -0.25) is 14.9 Å². The predicted molar refractivity (Wildman–Crippen MR) is 102 cm³/mol. The van der Waals surface area contributed by atoms with Gasteiger partial charge in [-0.2, -0.15) is 5.10 Å². The zero-order chi connectivity index (χ0) is 18.8. The van der Waals surface area contributed by atoms with Crippen LogP contribution in [0.1, 0.15) is 19.6 Å². The lowest BCUT2D eigenvalue weighted by Gasteiger charge is -2.37. The maximum absolute atomic E-state index is 9.88. The van der Waals surface area contributed by atoms with Crippen LogP contribution in [-0.4, -0.2) is 76.6 Å². The summed E-state index contributed by atoms with van der Waals surface area (Å²) >= 11 is 0. The smallest absolute Gasteiger partial charge is 0.152 e. The summed E-state index contributed by atoms with van der Waals surface area (Å²) in [4.78, 5) is 4.90. The van der Waals surface area contributed by atoms with E-state index in [-0.39, 0.29) is 18.8 Å². The molecule has 4 heterocycles. The molecule has 0 amide bonds. The number of aliphatic hydroxyl groups is 1. The van der Waals surface area contributed by atoms with E-state index in [9.17, 15) is 5.11 Å². The monoisotopic (exact) mass is 374 g/mol. The fourth-order valence-electron chi connectivity index (χ4n) is 4.56. The van der Waals surface area contributed by atoms with Crippen molar-refractivity contribution in [2.75, 3.05) is 39.3 Å². The summed E-state index contributed by atoms with van der Waals surface area (Å²) in [6.07, 6.45) is 2.28. The van der Waals surface area contributed by atoms with Crippen molar-refractivity contribution in [2.45, 2.75) is 32.6 Å². The Morgan fingerprint density at radius 1 is 1.07 bits per heavy atom. The molecule has 0 unspecified atom stereocenters. The van der Waals surface area contributed by atoms with Crippen LogP contribution in [0, 0.1) is 11.8 Å². The molecular weight excluding hydrogens is 344 g/mol. The number of likely N-dealkylation sites (tertiary alicyclic amines) is 1. The maximum atomic E-state index is 9.88. The van der Waals surface area contributed by atoms with E-state index in [4.69, 9.17) is 9.15 Å². The van der Waals surface area contributed by atoms with Crippen LogP contribution in [0.2, 0.25) is 0 Å². The van der Waals surface area contributed by atoms with Crippen LogP contribution in [0.15, 0.2) is 28.8 Å². The van der Waals surface area contributed by atoms with Crippen molar-refractivity contribution in [3.05, 3.63) is 30.2 Å². The number of hydrogen-bond donors (Lipinski definition) is 2. The number of furan rings is 1. The molecule has 2 N–H and O–H groups in total. The third-order valence-electron chi connectivity index (χ3n) is 5.68. The number of hydrogen-bond acceptors (Lipinski definition) is 6. The van der Waals surface area contributed by atoms with E-state index in [0.717, 1.165) is 56.5 Å². The molecule has 4 atom stereocenters. The Labute approximate surface area is 160 Å². The normalized spacial score (nSPS) is 30.2. The molecule has 148 valence electrons. The zero-order valence-corrected chi connectivity index (χ0v) is 16.2. The van der Waals surface area contributed by atoms with Crippen LogP contribution < -0.4 is 0 Å². The van der Waals surface area contributed by atoms with Gasteiger partial charge in [0.1, 0.15) is 11.5 Å². The number of H-pyrrole nitrogens is 1. The number of nitrogens with one attached hydrogen (secondary N) is 1. The highest BCUT2D eigenvalue weighted by molar-refractivity contribution is 5.51. The summed E-state index contributed by atoms with van der Waals surface area (Å²) in [5.41, 5.74) is 0.893. The van der Waals surface area contributed by atoms with E-state index >= 15 is 0 Å². The lowest BCUT2D eigenvalue weighted by atomic mass is 9.96. The summed E-state index contributed by atoms with van der Waals surface area (Å²) in [6, 6.07) is 5.92. The number of morpholine rings is 1. The van der Waals surface area contributed by atoms with Crippen molar-refractivity contribution in [1.29, 1.82) is 0 Å². The first-order chi connectivity index (χ1) is 13.1. The van der Waals surface area contributed by atoms with E-state index in [1.807, 2.05) is 18.2 Å². The van der Waals surface area contributed by atoms with E-state index < -0.39 is 0 Å². The average molecular weight is 374 g/mol. The van der Waals surface area contributed by atoms with Gasteiger partial charge in [-0.1, -0.05) is 0 Å². The molecular formula is C20H30N4O3. The van der Waals surface area contributed by atoms with Gasteiger partial charge in [-0.25, -0.2) is 0 Å². The van der Waals surface area contributed by atoms with Crippen LogP contribution >= 0.6 is 0 Å². The van der Waals surface area contributed by atoms with Crippen LogP contribution in [0.3, 0.4) is 0 Å². The third-order valence-corrected chi connectivity index (χ3v) is 5.68. The zero-order valence-electron chi connectivity index (χ0n) is 16.2. The molecule has 0 bridgehead atoms. The van der Waals surface area contributed by atoms with Gasteiger partial charge in [0.15, 0.2) is 5.76 Å². The molecule has 4 rings (SSSR count). The Morgan fingerprint density at radius 2 is 1.85 bits per heavy atom. The summed E-state index contributed by atoms with van der Waals surface area (Å²) in [5, 5.41) is 16.8. The number of aromatic nitrogens is 2. The van der Waals surface area contributed by atoms with Gasteiger partial charge < -0.3 is 14.3 Å². The molecule has 0 radical (unpaired) electrons. The molecule has 0 spiro atoms. The summed E-state index contributed by atoms with van der Waals surface area (Å²) in [5.74, 6) is 2.56. The van der Waals surface area contributed by atoms with Crippen molar-refractivity contribution in [3.8, 4) is 11.5 Å².